The summed E-state index contributed by atoms with van der Waals surface area (Å²) in [6.07, 6.45) is 3.59. The molecule has 1 saturated carbocycles. The number of carbonyl (C=O) groups is 1. The molecular weight excluding hydrogens is 262 g/mol. The number of halogens is 2. The van der Waals surface area contributed by atoms with Crippen molar-refractivity contribution in [2.24, 2.45) is 0 Å². The van der Waals surface area contributed by atoms with Crippen LogP contribution in [0.2, 0.25) is 0 Å². The van der Waals surface area contributed by atoms with Gasteiger partial charge in [-0.3, -0.25) is 4.79 Å². The van der Waals surface area contributed by atoms with E-state index in [0.717, 1.165) is 31.4 Å². The van der Waals surface area contributed by atoms with E-state index in [2.05, 4.69) is 11.4 Å². The van der Waals surface area contributed by atoms with Gasteiger partial charge in [-0.05, 0) is 25.0 Å². The van der Waals surface area contributed by atoms with Gasteiger partial charge in [0.15, 0.2) is 0 Å². The summed E-state index contributed by atoms with van der Waals surface area (Å²) in [5, 5.41) is 11.9. The molecule has 2 rings (SSSR count). The largest absolute Gasteiger partial charge is 0.338 e. The van der Waals surface area contributed by atoms with E-state index in [4.69, 9.17) is 0 Å². The van der Waals surface area contributed by atoms with Crippen LogP contribution >= 0.6 is 0 Å². The van der Waals surface area contributed by atoms with E-state index in [-0.39, 0.29) is 12.0 Å². The number of nitrogens with zero attached hydrogens (tertiary/aromatic N) is 1. The minimum absolute atomic E-state index is 0.256. The van der Waals surface area contributed by atoms with Crippen LogP contribution in [0.1, 0.15) is 37.7 Å². The molecule has 0 atom stereocenters. The van der Waals surface area contributed by atoms with E-state index in [1.165, 1.54) is 6.07 Å². The zero-order valence-electron chi connectivity index (χ0n) is 11.1. The summed E-state index contributed by atoms with van der Waals surface area (Å²) in [5.74, 6) is -2.00. The van der Waals surface area contributed by atoms with Crippen LogP contribution in [0.3, 0.4) is 0 Å². The van der Waals surface area contributed by atoms with Gasteiger partial charge in [0.2, 0.25) is 5.91 Å². The molecule has 1 N–H and O–H groups in total. The normalized spacial score (nSPS) is 17.2. The van der Waals surface area contributed by atoms with Crippen molar-refractivity contribution >= 4 is 5.91 Å². The van der Waals surface area contributed by atoms with E-state index < -0.39 is 23.1 Å². The summed E-state index contributed by atoms with van der Waals surface area (Å²) in [4.78, 5) is 12.0. The SMILES string of the molecule is N#CC1(NC(=O)Cc2c(F)cccc2F)CCCCC1. The van der Waals surface area contributed by atoms with Crippen molar-refractivity contribution < 1.29 is 13.6 Å². The Bertz CT molecular complexity index is 525. The van der Waals surface area contributed by atoms with Crippen LogP contribution in [0.15, 0.2) is 18.2 Å². The highest BCUT2D eigenvalue weighted by Gasteiger charge is 2.33. The highest BCUT2D eigenvalue weighted by molar-refractivity contribution is 5.80. The fraction of sp³-hybridized carbons (Fsp3) is 0.467. The molecule has 1 aromatic carbocycles. The molecule has 20 heavy (non-hydrogen) atoms. The Labute approximate surface area is 116 Å². The molecule has 0 saturated heterocycles. The molecule has 0 radical (unpaired) electrons. The third kappa shape index (κ3) is 3.13. The summed E-state index contributed by atoms with van der Waals surface area (Å²) in [6.45, 7) is 0. The molecule has 5 heteroatoms. The van der Waals surface area contributed by atoms with Crippen LogP contribution in [-0.4, -0.2) is 11.4 Å². The van der Waals surface area contributed by atoms with Gasteiger partial charge in [0.1, 0.15) is 17.2 Å². The Balaban J connectivity index is 2.07. The van der Waals surface area contributed by atoms with Gasteiger partial charge in [0, 0.05) is 5.56 Å². The van der Waals surface area contributed by atoms with Crippen molar-refractivity contribution in [2.45, 2.75) is 44.1 Å². The first-order valence-electron chi connectivity index (χ1n) is 6.71. The second-order valence-corrected chi connectivity index (χ2v) is 5.18. The van der Waals surface area contributed by atoms with Crippen LogP contribution in [-0.2, 0) is 11.2 Å². The number of amides is 1. The smallest absolute Gasteiger partial charge is 0.225 e. The molecular formula is C15H16F2N2O. The molecule has 1 aromatic rings. The van der Waals surface area contributed by atoms with Gasteiger partial charge < -0.3 is 5.32 Å². The number of rotatable bonds is 3. The molecule has 0 unspecified atom stereocenters. The first-order chi connectivity index (χ1) is 9.56. The van der Waals surface area contributed by atoms with Gasteiger partial charge in [0.25, 0.3) is 0 Å². The van der Waals surface area contributed by atoms with E-state index in [0.29, 0.717) is 12.8 Å². The van der Waals surface area contributed by atoms with Crippen LogP contribution in [0, 0.1) is 23.0 Å². The van der Waals surface area contributed by atoms with Crippen molar-refractivity contribution in [1.29, 1.82) is 5.26 Å². The van der Waals surface area contributed by atoms with Gasteiger partial charge in [0.05, 0.1) is 12.5 Å². The fourth-order valence-corrected chi connectivity index (χ4v) is 2.59. The number of benzene rings is 1. The lowest BCUT2D eigenvalue weighted by Gasteiger charge is -2.31. The molecule has 3 nitrogen and oxygen atoms in total. The van der Waals surface area contributed by atoms with Gasteiger partial charge in [-0.15, -0.1) is 0 Å². The standard InChI is InChI=1S/C15H16F2N2O/c16-12-5-4-6-13(17)11(12)9-14(20)19-15(10-18)7-2-1-3-8-15/h4-6H,1-3,7-9H2,(H,19,20). The molecule has 1 amide bonds. The number of hydrogen-bond acceptors (Lipinski definition) is 2. The molecule has 0 aromatic heterocycles. The Morgan fingerprint density at radius 2 is 1.85 bits per heavy atom. The van der Waals surface area contributed by atoms with Crippen molar-refractivity contribution in [3.63, 3.8) is 0 Å². The molecule has 0 aliphatic heterocycles. The second-order valence-electron chi connectivity index (χ2n) is 5.18. The van der Waals surface area contributed by atoms with Crippen LogP contribution in [0.5, 0.6) is 0 Å². The molecule has 106 valence electrons. The number of nitrogens with one attached hydrogen (secondary N) is 1. The maximum Gasteiger partial charge on any atom is 0.225 e. The first kappa shape index (κ1) is 14.4. The molecule has 0 heterocycles. The Morgan fingerprint density at radius 1 is 1.25 bits per heavy atom. The van der Waals surface area contributed by atoms with Crippen molar-refractivity contribution in [3.8, 4) is 6.07 Å². The third-order valence-electron chi connectivity index (χ3n) is 3.70. The highest BCUT2D eigenvalue weighted by atomic mass is 19.1. The molecule has 1 fully saturated rings. The minimum atomic E-state index is -0.878. The minimum Gasteiger partial charge on any atom is -0.338 e. The fourth-order valence-electron chi connectivity index (χ4n) is 2.59. The summed E-state index contributed by atoms with van der Waals surface area (Å²) in [7, 11) is 0. The highest BCUT2D eigenvalue weighted by Crippen LogP contribution is 2.27. The number of hydrogen-bond donors (Lipinski definition) is 1. The Morgan fingerprint density at radius 3 is 2.40 bits per heavy atom. The Hall–Kier alpha value is -1.96. The van der Waals surface area contributed by atoms with Crippen LogP contribution in [0.25, 0.3) is 0 Å². The van der Waals surface area contributed by atoms with Gasteiger partial charge in [-0.25, -0.2) is 8.78 Å². The molecule has 1 aliphatic carbocycles. The van der Waals surface area contributed by atoms with Gasteiger partial charge in [-0.2, -0.15) is 5.26 Å². The second kappa shape index (κ2) is 6.00. The van der Waals surface area contributed by atoms with Crippen LogP contribution < -0.4 is 5.32 Å². The van der Waals surface area contributed by atoms with Crippen molar-refractivity contribution in [1.82, 2.24) is 5.32 Å². The molecule has 1 aliphatic rings. The molecule has 0 bridgehead atoms. The lowest BCUT2D eigenvalue weighted by atomic mass is 9.82. The average molecular weight is 278 g/mol. The van der Waals surface area contributed by atoms with E-state index in [1.54, 1.807) is 0 Å². The predicted octanol–water partition coefficient (Wildman–Crippen LogP) is 2.85. The van der Waals surface area contributed by atoms with E-state index in [9.17, 15) is 18.8 Å². The zero-order valence-corrected chi connectivity index (χ0v) is 11.1. The van der Waals surface area contributed by atoms with Crippen LogP contribution in [0.4, 0.5) is 8.78 Å². The Kier molecular flexibility index (Phi) is 4.33. The third-order valence-corrected chi connectivity index (χ3v) is 3.70. The predicted molar refractivity (Wildman–Crippen MR) is 69.6 cm³/mol. The average Bonchev–Trinajstić information content (AvgIpc) is 2.44. The number of nitriles is 1. The number of carbonyl (C=O) groups excluding carboxylic acids is 1. The maximum atomic E-state index is 13.5. The summed E-state index contributed by atoms with van der Waals surface area (Å²) in [6, 6.07) is 5.63. The van der Waals surface area contributed by atoms with Gasteiger partial charge >= 0.3 is 0 Å². The summed E-state index contributed by atoms with van der Waals surface area (Å²) < 4.78 is 27.0. The van der Waals surface area contributed by atoms with Crippen molar-refractivity contribution in [3.05, 3.63) is 35.4 Å². The van der Waals surface area contributed by atoms with Crippen molar-refractivity contribution in [2.75, 3.05) is 0 Å². The monoisotopic (exact) mass is 278 g/mol. The van der Waals surface area contributed by atoms with E-state index in [1.807, 2.05) is 0 Å². The topological polar surface area (TPSA) is 52.9 Å². The lowest BCUT2D eigenvalue weighted by Crippen LogP contribution is -2.49. The van der Waals surface area contributed by atoms with E-state index >= 15 is 0 Å². The maximum absolute atomic E-state index is 13.5. The summed E-state index contributed by atoms with van der Waals surface area (Å²) in [5.41, 5.74) is -1.13. The summed E-state index contributed by atoms with van der Waals surface area (Å²) >= 11 is 0. The lowest BCUT2D eigenvalue weighted by molar-refractivity contribution is -0.122. The van der Waals surface area contributed by atoms with Gasteiger partial charge in [-0.1, -0.05) is 25.3 Å². The quantitative estimate of drug-likeness (QED) is 0.924. The first-order valence-corrected chi connectivity index (χ1v) is 6.71. The zero-order chi connectivity index (χ0) is 14.6. The molecule has 0 spiro atoms.